The number of carbonyl (C=O) groups excluding carboxylic acids is 1. The van der Waals surface area contributed by atoms with Gasteiger partial charge in [0.2, 0.25) is 5.91 Å². The van der Waals surface area contributed by atoms with Gasteiger partial charge in [0, 0.05) is 11.6 Å². The summed E-state index contributed by atoms with van der Waals surface area (Å²) in [4.78, 5) is 13.3. The summed E-state index contributed by atoms with van der Waals surface area (Å²) in [6, 6.07) is 18.4. The minimum absolute atomic E-state index is 0. The summed E-state index contributed by atoms with van der Waals surface area (Å²) in [6.07, 6.45) is 5.17. The maximum atomic E-state index is 13.3. The minimum Gasteiger partial charge on any atom is -0.489 e. The van der Waals surface area contributed by atoms with Crippen LogP contribution in [-0.4, -0.2) is 23.5 Å². The first-order valence-corrected chi connectivity index (χ1v) is 13.4. The molecule has 1 atom stereocenters. The number of amides is 1. The SMILES string of the molecule is CC(C)CCC(CCC(C)C)N[C@@H](Cc1ccc(OCc2ccccc2)cc1)C(=O)NC(C)(C)C.Cl. The molecule has 0 spiro atoms. The molecule has 0 saturated heterocycles. The quantitative estimate of drug-likeness (QED) is 0.276. The molecule has 0 aliphatic heterocycles. The fourth-order valence-corrected chi connectivity index (χ4v) is 4.05. The van der Waals surface area contributed by atoms with E-state index in [-0.39, 0.29) is 29.9 Å². The van der Waals surface area contributed by atoms with Crippen LogP contribution in [0.4, 0.5) is 0 Å². The van der Waals surface area contributed by atoms with Crippen molar-refractivity contribution < 1.29 is 9.53 Å². The van der Waals surface area contributed by atoms with Crippen LogP contribution in [0.2, 0.25) is 0 Å². The number of carbonyl (C=O) groups is 1. The van der Waals surface area contributed by atoms with Gasteiger partial charge in [0.25, 0.3) is 0 Å². The van der Waals surface area contributed by atoms with Gasteiger partial charge >= 0.3 is 0 Å². The van der Waals surface area contributed by atoms with Crippen molar-refractivity contribution in [1.29, 1.82) is 0 Å². The first-order chi connectivity index (χ1) is 16.5. The summed E-state index contributed by atoms with van der Waals surface area (Å²) >= 11 is 0. The number of hydrogen-bond acceptors (Lipinski definition) is 3. The maximum absolute atomic E-state index is 13.3. The van der Waals surface area contributed by atoms with Gasteiger partial charge in [-0.25, -0.2) is 0 Å². The largest absolute Gasteiger partial charge is 0.489 e. The van der Waals surface area contributed by atoms with Crippen molar-refractivity contribution in [2.75, 3.05) is 0 Å². The molecule has 0 bridgehead atoms. The van der Waals surface area contributed by atoms with Gasteiger partial charge in [-0.3, -0.25) is 4.79 Å². The zero-order valence-corrected chi connectivity index (χ0v) is 24.3. The molecule has 1 amide bonds. The van der Waals surface area contributed by atoms with Crippen molar-refractivity contribution >= 4 is 18.3 Å². The number of nitrogens with one attached hydrogen (secondary N) is 2. The molecule has 202 valence electrons. The lowest BCUT2D eigenvalue weighted by Gasteiger charge is -2.30. The number of halogens is 1. The molecule has 0 aromatic heterocycles. The Balaban J connectivity index is 0.00000648. The fraction of sp³-hybridized carbons (Fsp3) is 0.581. The molecule has 2 N–H and O–H groups in total. The van der Waals surface area contributed by atoms with Crippen LogP contribution in [-0.2, 0) is 17.8 Å². The number of ether oxygens (including phenoxy) is 1. The molecule has 36 heavy (non-hydrogen) atoms. The van der Waals surface area contributed by atoms with E-state index >= 15 is 0 Å². The molecule has 0 saturated carbocycles. The predicted octanol–water partition coefficient (Wildman–Crippen LogP) is 7.34. The molecule has 4 nitrogen and oxygen atoms in total. The monoisotopic (exact) mass is 516 g/mol. The molecule has 0 radical (unpaired) electrons. The number of hydrogen-bond donors (Lipinski definition) is 2. The standard InChI is InChI=1S/C31H48N2O2.ClH/c1-23(2)13-17-27(18-14-24(3)4)32-29(30(34)33-31(5,6)7)21-25-15-19-28(20-16-25)35-22-26-11-9-8-10-12-26;/h8-12,15-16,19-20,23-24,27,29,32H,13-14,17-18,21-22H2,1-7H3,(H,33,34);1H/t29-;/m0./s1. The number of rotatable bonds is 14. The van der Waals surface area contributed by atoms with Gasteiger partial charge in [0.05, 0.1) is 6.04 Å². The van der Waals surface area contributed by atoms with Gasteiger partial charge in [-0.1, -0.05) is 70.2 Å². The van der Waals surface area contributed by atoms with Gasteiger partial charge in [0.15, 0.2) is 0 Å². The Bertz CT molecular complexity index is 848. The Labute approximate surface area is 226 Å². The van der Waals surface area contributed by atoms with Gasteiger partial charge in [-0.05, 0) is 88.0 Å². The second-order valence-electron chi connectivity index (χ2n) is 11.7. The molecule has 5 heteroatoms. The van der Waals surface area contributed by atoms with Gasteiger partial charge in [-0.2, -0.15) is 0 Å². The molecule has 0 aliphatic rings. The lowest BCUT2D eigenvalue weighted by atomic mass is 9.95. The van der Waals surface area contributed by atoms with E-state index in [1.807, 2.05) is 51.1 Å². The zero-order chi connectivity index (χ0) is 25.8. The Morgan fingerprint density at radius 3 is 1.86 bits per heavy atom. The lowest BCUT2D eigenvalue weighted by molar-refractivity contribution is -0.124. The van der Waals surface area contributed by atoms with E-state index in [0.717, 1.165) is 42.6 Å². The van der Waals surface area contributed by atoms with Crippen LogP contribution >= 0.6 is 12.4 Å². The van der Waals surface area contributed by atoms with Crippen LogP contribution in [0, 0.1) is 11.8 Å². The highest BCUT2D eigenvalue weighted by molar-refractivity contribution is 5.85. The van der Waals surface area contributed by atoms with Crippen molar-refractivity contribution in [2.24, 2.45) is 11.8 Å². The highest BCUT2D eigenvalue weighted by Gasteiger charge is 2.26. The zero-order valence-electron chi connectivity index (χ0n) is 23.5. The Morgan fingerprint density at radius 1 is 0.806 bits per heavy atom. The van der Waals surface area contributed by atoms with Crippen molar-refractivity contribution in [3.8, 4) is 5.75 Å². The molecule has 2 rings (SSSR count). The van der Waals surface area contributed by atoms with E-state index in [9.17, 15) is 4.79 Å². The molecule has 0 fully saturated rings. The van der Waals surface area contributed by atoms with Crippen molar-refractivity contribution in [3.05, 3.63) is 65.7 Å². The third kappa shape index (κ3) is 13.3. The molecule has 0 unspecified atom stereocenters. The van der Waals surface area contributed by atoms with Gasteiger partial charge in [0.1, 0.15) is 12.4 Å². The van der Waals surface area contributed by atoms with E-state index in [1.165, 1.54) is 0 Å². The smallest absolute Gasteiger partial charge is 0.237 e. The summed E-state index contributed by atoms with van der Waals surface area (Å²) in [5.74, 6) is 2.22. The molecule has 0 aliphatic carbocycles. The average molecular weight is 517 g/mol. The van der Waals surface area contributed by atoms with Crippen LogP contribution in [0.25, 0.3) is 0 Å². The maximum Gasteiger partial charge on any atom is 0.237 e. The topological polar surface area (TPSA) is 50.4 Å². The van der Waals surface area contributed by atoms with Crippen molar-refractivity contribution in [3.63, 3.8) is 0 Å². The molecular formula is C31H49ClN2O2. The van der Waals surface area contributed by atoms with Crippen LogP contribution in [0.5, 0.6) is 5.75 Å². The summed E-state index contributed by atoms with van der Waals surface area (Å²) in [6.45, 7) is 15.7. The molecular weight excluding hydrogens is 468 g/mol. The van der Waals surface area contributed by atoms with Crippen LogP contribution < -0.4 is 15.4 Å². The Morgan fingerprint density at radius 2 is 1.36 bits per heavy atom. The second kappa shape index (κ2) is 15.9. The summed E-state index contributed by atoms with van der Waals surface area (Å²) in [5, 5.41) is 6.95. The van der Waals surface area contributed by atoms with Crippen molar-refractivity contribution in [1.82, 2.24) is 10.6 Å². The number of benzene rings is 2. The van der Waals surface area contributed by atoms with Crippen LogP contribution in [0.1, 0.15) is 85.3 Å². The molecule has 2 aromatic carbocycles. The first kappa shape index (κ1) is 32.0. The average Bonchev–Trinajstić information content (AvgIpc) is 2.79. The van der Waals surface area contributed by atoms with Gasteiger partial charge < -0.3 is 15.4 Å². The Kier molecular flexibility index (Phi) is 14.2. The molecule has 2 aromatic rings. The summed E-state index contributed by atoms with van der Waals surface area (Å²) in [5.41, 5.74) is 2.01. The molecule has 0 heterocycles. The van der Waals surface area contributed by atoms with Gasteiger partial charge in [-0.15, -0.1) is 12.4 Å². The first-order valence-electron chi connectivity index (χ1n) is 13.4. The second-order valence-corrected chi connectivity index (χ2v) is 11.7. The van der Waals surface area contributed by atoms with E-state index in [4.69, 9.17) is 4.74 Å². The summed E-state index contributed by atoms with van der Waals surface area (Å²) < 4.78 is 5.94. The third-order valence-electron chi connectivity index (χ3n) is 6.05. The third-order valence-corrected chi connectivity index (χ3v) is 6.05. The van der Waals surface area contributed by atoms with E-state index in [2.05, 4.69) is 62.6 Å². The highest BCUT2D eigenvalue weighted by atomic mass is 35.5. The van der Waals surface area contributed by atoms with E-state index in [1.54, 1.807) is 0 Å². The van der Waals surface area contributed by atoms with Crippen molar-refractivity contribution in [2.45, 2.75) is 105 Å². The normalized spacial score (nSPS) is 12.5. The lowest BCUT2D eigenvalue weighted by Crippen LogP contribution is -2.54. The minimum atomic E-state index is -0.269. The Hall–Kier alpha value is -2.04. The summed E-state index contributed by atoms with van der Waals surface area (Å²) in [7, 11) is 0. The highest BCUT2D eigenvalue weighted by Crippen LogP contribution is 2.18. The van der Waals surface area contributed by atoms with E-state index in [0.29, 0.717) is 30.9 Å². The van der Waals surface area contributed by atoms with E-state index < -0.39 is 0 Å². The van der Waals surface area contributed by atoms with Crippen LogP contribution in [0.15, 0.2) is 54.6 Å². The fourth-order valence-electron chi connectivity index (χ4n) is 4.05. The predicted molar refractivity (Wildman–Crippen MR) is 155 cm³/mol. The van der Waals surface area contributed by atoms with Crippen LogP contribution in [0.3, 0.4) is 0 Å².